The molecule has 0 radical (unpaired) electrons. The Morgan fingerprint density at radius 1 is 1.17 bits per heavy atom. The van der Waals surface area contributed by atoms with Crippen LogP contribution in [0.3, 0.4) is 0 Å². The van der Waals surface area contributed by atoms with Crippen LogP contribution in [-0.2, 0) is 4.79 Å². The van der Waals surface area contributed by atoms with Crippen molar-refractivity contribution in [2.45, 2.75) is 36.5 Å². The standard InChI is InChI=1S/C24H27N3O2S/c1-17(2)15-26-23(28)19-9-7-13-27(16-19)24(29)20-10-4-6-12-22(20)30-21-11-5-3-8-18(21)14-25/h3-6,8,10-12,17,19H,7,9,13,15-16H2,1-2H3,(H,26,28)/t19-/m0/s1. The number of likely N-dealkylation sites (tertiary alicyclic amines) is 1. The summed E-state index contributed by atoms with van der Waals surface area (Å²) in [5.74, 6) is 0.205. The summed E-state index contributed by atoms with van der Waals surface area (Å²) in [5, 5.41) is 12.4. The molecule has 1 aliphatic rings. The summed E-state index contributed by atoms with van der Waals surface area (Å²) < 4.78 is 0. The number of benzene rings is 2. The molecule has 156 valence electrons. The van der Waals surface area contributed by atoms with Gasteiger partial charge < -0.3 is 10.2 Å². The third-order valence-electron chi connectivity index (χ3n) is 5.11. The lowest BCUT2D eigenvalue weighted by Gasteiger charge is -2.32. The summed E-state index contributed by atoms with van der Waals surface area (Å²) >= 11 is 1.43. The monoisotopic (exact) mass is 421 g/mol. The highest BCUT2D eigenvalue weighted by Gasteiger charge is 2.29. The Kier molecular flexibility index (Phi) is 7.53. The molecule has 2 aromatic rings. The number of carbonyl (C=O) groups is 2. The smallest absolute Gasteiger partial charge is 0.255 e. The molecule has 30 heavy (non-hydrogen) atoms. The minimum absolute atomic E-state index is 0.0341. The largest absolute Gasteiger partial charge is 0.356 e. The van der Waals surface area contributed by atoms with E-state index in [0.717, 1.165) is 22.6 Å². The van der Waals surface area contributed by atoms with Crippen molar-refractivity contribution < 1.29 is 9.59 Å². The molecule has 1 N–H and O–H groups in total. The van der Waals surface area contributed by atoms with Crippen LogP contribution in [0.2, 0.25) is 0 Å². The molecule has 0 aliphatic carbocycles. The van der Waals surface area contributed by atoms with E-state index in [-0.39, 0.29) is 17.7 Å². The van der Waals surface area contributed by atoms with E-state index in [1.807, 2.05) is 42.5 Å². The van der Waals surface area contributed by atoms with Crippen LogP contribution in [0.15, 0.2) is 58.3 Å². The second-order valence-corrected chi connectivity index (χ2v) is 9.02. The van der Waals surface area contributed by atoms with Gasteiger partial charge in [-0.2, -0.15) is 5.26 Å². The lowest BCUT2D eigenvalue weighted by molar-refractivity contribution is -0.126. The van der Waals surface area contributed by atoms with Crippen molar-refractivity contribution in [1.29, 1.82) is 5.26 Å². The zero-order chi connectivity index (χ0) is 21.5. The number of hydrogen-bond acceptors (Lipinski definition) is 4. The van der Waals surface area contributed by atoms with E-state index in [1.54, 1.807) is 11.0 Å². The van der Waals surface area contributed by atoms with Crippen molar-refractivity contribution in [2.24, 2.45) is 11.8 Å². The van der Waals surface area contributed by atoms with Crippen molar-refractivity contribution in [3.63, 3.8) is 0 Å². The molecule has 2 aromatic carbocycles. The van der Waals surface area contributed by atoms with Gasteiger partial charge >= 0.3 is 0 Å². The first-order valence-corrected chi connectivity index (χ1v) is 11.1. The van der Waals surface area contributed by atoms with Crippen molar-refractivity contribution >= 4 is 23.6 Å². The Labute approximate surface area is 182 Å². The molecule has 1 saturated heterocycles. The van der Waals surface area contributed by atoms with Crippen LogP contribution in [0.4, 0.5) is 0 Å². The lowest BCUT2D eigenvalue weighted by atomic mass is 9.96. The summed E-state index contributed by atoms with van der Waals surface area (Å²) in [4.78, 5) is 29.2. The fourth-order valence-electron chi connectivity index (χ4n) is 3.49. The van der Waals surface area contributed by atoms with Crippen molar-refractivity contribution in [3.05, 3.63) is 59.7 Å². The molecule has 1 heterocycles. The summed E-state index contributed by atoms with van der Waals surface area (Å²) in [6, 6.07) is 17.1. The van der Waals surface area contributed by atoms with Crippen LogP contribution < -0.4 is 5.32 Å². The molecule has 2 amide bonds. The van der Waals surface area contributed by atoms with E-state index in [1.165, 1.54) is 11.8 Å². The summed E-state index contributed by atoms with van der Waals surface area (Å²) in [5.41, 5.74) is 1.20. The molecule has 1 fully saturated rings. The van der Waals surface area contributed by atoms with Gasteiger partial charge in [0.2, 0.25) is 5.91 Å². The maximum Gasteiger partial charge on any atom is 0.255 e. The van der Waals surface area contributed by atoms with Crippen LogP contribution in [0.5, 0.6) is 0 Å². The maximum atomic E-state index is 13.3. The predicted molar refractivity (Wildman–Crippen MR) is 118 cm³/mol. The van der Waals surface area contributed by atoms with Gasteiger partial charge in [-0.25, -0.2) is 0 Å². The van der Waals surface area contributed by atoms with Gasteiger partial charge in [-0.3, -0.25) is 9.59 Å². The quantitative estimate of drug-likeness (QED) is 0.753. The highest BCUT2D eigenvalue weighted by molar-refractivity contribution is 7.99. The van der Waals surface area contributed by atoms with Gasteiger partial charge in [-0.1, -0.05) is 49.9 Å². The minimum atomic E-state index is -0.166. The van der Waals surface area contributed by atoms with Crippen molar-refractivity contribution in [2.75, 3.05) is 19.6 Å². The van der Waals surface area contributed by atoms with Gasteiger partial charge in [0.05, 0.1) is 17.0 Å². The van der Waals surface area contributed by atoms with Crippen LogP contribution in [0, 0.1) is 23.2 Å². The Morgan fingerprint density at radius 3 is 2.60 bits per heavy atom. The Hall–Kier alpha value is -2.78. The van der Waals surface area contributed by atoms with Crippen LogP contribution in [-0.4, -0.2) is 36.3 Å². The molecule has 0 spiro atoms. The molecular formula is C24H27N3O2S. The third-order valence-corrected chi connectivity index (χ3v) is 6.26. The van der Waals surface area contributed by atoms with E-state index in [2.05, 4.69) is 25.2 Å². The molecule has 6 heteroatoms. The normalized spacial score (nSPS) is 16.2. The number of nitrogens with one attached hydrogen (secondary N) is 1. The van der Waals surface area contributed by atoms with E-state index >= 15 is 0 Å². The molecule has 1 atom stereocenters. The van der Waals surface area contributed by atoms with E-state index < -0.39 is 0 Å². The Balaban J connectivity index is 1.75. The highest BCUT2D eigenvalue weighted by atomic mass is 32.2. The second-order valence-electron chi connectivity index (χ2n) is 7.94. The minimum Gasteiger partial charge on any atom is -0.356 e. The average molecular weight is 422 g/mol. The molecular weight excluding hydrogens is 394 g/mol. The third kappa shape index (κ3) is 5.43. The number of nitriles is 1. The van der Waals surface area contributed by atoms with E-state index in [0.29, 0.717) is 36.7 Å². The highest BCUT2D eigenvalue weighted by Crippen LogP contribution is 2.33. The van der Waals surface area contributed by atoms with Gasteiger partial charge in [0.25, 0.3) is 5.91 Å². The maximum absolute atomic E-state index is 13.3. The Bertz CT molecular complexity index is 951. The van der Waals surface area contributed by atoms with Crippen molar-refractivity contribution in [1.82, 2.24) is 10.2 Å². The van der Waals surface area contributed by atoms with Crippen LogP contribution in [0.25, 0.3) is 0 Å². The number of nitrogens with zero attached hydrogens (tertiary/aromatic N) is 2. The SMILES string of the molecule is CC(C)CNC(=O)[C@H]1CCCN(C(=O)c2ccccc2Sc2ccccc2C#N)C1. The fourth-order valence-corrected chi connectivity index (χ4v) is 4.51. The average Bonchev–Trinajstić information content (AvgIpc) is 2.77. The zero-order valence-corrected chi connectivity index (χ0v) is 18.2. The van der Waals surface area contributed by atoms with Crippen LogP contribution in [0.1, 0.15) is 42.6 Å². The van der Waals surface area contributed by atoms with Gasteiger partial charge in [0, 0.05) is 29.4 Å². The first-order chi connectivity index (χ1) is 14.5. The molecule has 0 bridgehead atoms. The van der Waals surface area contributed by atoms with E-state index in [4.69, 9.17) is 0 Å². The van der Waals surface area contributed by atoms with Gasteiger partial charge in [-0.05, 0) is 43.0 Å². The number of rotatable bonds is 6. The summed E-state index contributed by atoms with van der Waals surface area (Å²) in [6.07, 6.45) is 1.62. The number of hydrogen-bond donors (Lipinski definition) is 1. The number of amides is 2. The molecule has 1 aliphatic heterocycles. The van der Waals surface area contributed by atoms with Crippen molar-refractivity contribution in [3.8, 4) is 6.07 Å². The lowest BCUT2D eigenvalue weighted by Crippen LogP contribution is -2.46. The van der Waals surface area contributed by atoms with Crippen LogP contribution >= 0.6 is 11.8 Å². The van der Waals surface area contributed by atoms with Gasteiger partial charge in [0.1, 0.15) is 6.07 Å². The predicted octanol–water partition coefficient (Wildman–Crippen LogP) is 4.33. The zero-order valence-electron chi connectivity index (χ0n) is 17.4. The first kappa shape index (κ1) is 21.9. The fraction of sp³-hybridized carbons (Fsp3) is 0.375. The Morgan fingerprint density at radius 2 is 1.87 bits per heavy atom. The molecule has 3 rings (SSSR count). The number of piperidine rings is 1. The van der Waals surface area contributed by atoms with E-state index in [9.17, 15) is 14.9 Å². The summed E-state index contributed by atoms with van der Waals surface area (Å²) in [7, 11) is 0. The molecule has 0 aromatic heterocycles. The van der Waals surface area contributed by atoms with Gasteiger partial charge in [0.15, 0.2) is 0 Å². The van der Waals surface area contributed by atoms with Gasteiger partial charge in [-0.15, -0.1) is 0 Å². The second kappa shape index (κ2) is 10.3. The molecule has 5 nitrogen and oxygen atoms in total. The molecule has 0 saturated carbocycles. The topological polar surface area (TPSA) is 73.2 Å². The molecule has 0 unspecified atom stereocenters. The summed E-state index contributed by atoms with van der Waals surface area (Å²) in [6.45, 7) is 5.88. The first-order valence-electron chi connectivity index (χ1n) is 10.3. The number of carbonyl (C=O) groups excluding carboxylic acids is 2.